The minimum absolute atomic E-state index is 0.712. The van der Waals surface area contributed by atoms with Crippen LogP contribution in [0.15, 0.2) is 0 Å². The molecule has 0 bridgehead atoms. The van der Waals surface area contributed by atoms with Gasteiger partial charge in [-0.1, -0.05) is 13.8 Å². The molecule has 3 heteroatoms. The second kappa shape index (κ2) is 4.77. The summed E-state index contributed by atoms with van der Waals surface area (Å²) in [5.41, 5.74) is 0.712. The number of hydrogen-bond acceptors (Lipinski definition) is 3. The molecule has 3 aliphatic heterocycles. The van der Waals surface area contributed by atoms with Crippen molar-refractivity contribution in [2.24, 2.45) is 11.3 Å². The first-order valence-corrected chi connectivity index (χ1v) is 7.71. The van der Waals surface area contributed by atoms with E-state index < -0.39 is 0 Å². The lowest BCUT2D eigenvalue weighted by Gasteiger charge is -2.62. The van der Waals surface area contributed by atoms with E-state index in [1.54, 1.807) is 0 Å². The van der Waals surface area contributed by atoms with Gasteiger partial charge in [0.05, 0.1) is 0 Å². The van der Waals surface area contributed by atoms with Crippen LogP contribution >= 0.6 is 0 Å². The molecule has 3 aliphatic rings. The van der Waals surface area contributed by atoms with Crippen LogP contribution in [-0.4, -0.2) is 73.6 Å². The van der Waals surface area contributed by atoms with Crippen molar-refractivity contribution in [1.29, 1.82) is 0 Å². The Balaban J connectivity index is 1.39. The Hall–Kier alpha value is -0.120. The maximum absolute atomic E-state index is 2.76. The first kappa shape index (κ1) is 12.9. The summed E-state index contributed by atoms with van der Waals surface area (Å²) in [5.74, 6) is 0.819. The molecule has 1 spiro atoms. The van der Waals surface area contributed by atoms with Crippen molar-refractivity contribution in [2.75, 3.05) is 52.9 Å². The second-order valence-electron chi connectivity index (χ2n) is 7.50. The number of nitrogens with zero attached hydrogens (tertiary/aromatic N) is 3. The van der Waals surface area contributed by atoms with Crippen molar-refractivity contribution < 1.29 is 0 Å². The van der Waals surface area contributed by atoms with E-state index in [0.717, 1.165) is 12.0 Å². The van der Waals surface area contributed by atoms with Crippen molar-refractivity contribution in [1.82, 2.24) is 14.7 Å². The van der Waals surface area contributed by atoms with Crippen molar-refractivity contribution in [3.8, 4) is 0 Å². The van der Waals surface area contributed by atoms with Gasteiger partial charge in [0.25, 0.3) is 0 Å². The van der Waals surface area contributed by atoms with Crippen molar-refractivity contribution in [2.45, 2.75) is 32.7 Å². The molecule has 0 atom stereocenters. The summed E-state index contributed by atoms with van der Waals surface area (Å²) in [6, 6.07) is 0.893. The predicted octanol–water partition coefficient (Wildman–Crippen LogP) is 1.35. The zero-order valence-electron chi connectivity index (χ0n) is 12.4. The number of rotatable bonds is 3. The second-order valence-corrected chi connectivity index (χ2v) is 7.50. The predicted molar refractivity (Wildman–Crippen MR) is 75.8 cm³/mol. The van der Waals surface area contributed by atoms with Crippen molar-refractivity contribution >= 4 is 0 Å². The third kappa shape index (κ3) is 2.45. The Morgan fingerprint density at radius 2 is 1.67 bits per heavy atom. The molecule has 0 saturated carbocycles. The molecule has 0 aromatic heterocycles. The molecule has 0 aromatic rings. The van der Waals surface area contributed by atoms with E-state index in [1.807, 2.05) is 0 Å². The molecule has 0 unspecified atom stereocenters. The van der Waals surface area contributed by atoms with Crippen LogP contribution in [0.2, 0.25) is 0 Å². The zero-order chi connectivity index (χ0) is 12.8. The van der Waals surface area contributed by atoms with Gasteiger partial charge in [0.2, 0.25) is 0 Å². The Bertz CT molecular complexity index is 280. The lowest BCUT2D eigenvalue weighted by molar-refractivity contribution is -0.127. The molecule has 0 aliphatic carbocycles. The van der Waals surface area contributed by atoms with Crippen molar-refractivity contribution in [3.63, 3.8) is 0 Å². The minimum atomic E-state index is 0.712. The summed E-state index contributed by atoms with van der Waals surface area (Å²) >= 11 is 0. The van der Waals surface area contributed by atoms with Crippen LogP contribution < -0.4 is 0 Å². The summed E-state index contributed by atoms with van der Waals surface area (Å²) in [4.78, 5) is 7.89. The van der Waals surface area contributed by atoms with Gasteiger partial charge in [0, 0.05) is 44.2 Å². The number of hydrogen-bond donors (Lipinski definition) is 0. The molecular weight excluding hydrogens is 222 g/mol. The van der Waals surface area contributed by atoms with Gasteiger partial charge >= 0.3 is 0 Å². The average molecular weight is 251 g/mol. The normalized spacial score (nSPS) is 30.7. The molecule has 104 valence electrons. The van der Waals surface area contributed by atoms with Gasteiger partial charge in [-0.3, -0.25) is 4.90 Å². The topological polar surface area (TPSA) is 9.72 Å². The Labute approximate surface area is 112 Å². The molecule has 0 radical (unpaired) electrons. The van der Waals surface area contributed by atoms with E-state index in [9.17, 15) is 0 Å². The number of piperidine rings is 1. The molecular formula is C15H29N3. The SMILES string of the molecule is CC(C)CN1CCC(N2CC3(CN(C)C3)C2)CC1. The largest absolute Gasteiger partial charge is 0.305 e. The summed E-state index contributed by atoms with van der Waals surface area (Å²) in [6.45, 7) is 14.1. The van der Waals surface area contributed by atoms with Gasteiger partial charge in [0.1, 0.15) is 0 Å². The fourth-order valence-electron chi connectivity index (χ4n) is 4.36. The lowest BCUT2D eigenvalue weighted by atomic mass is 9.72. The lowest BCUT2D eigenvalue weighted by Crippen LogP contribution is -2.73. The smallest absolute Gasteiger partial charge is 0.0212 e. The first-order valence-electron chi connectivity index (χ1n) is 7.71. The molecule has 3 saturated heterocycles. The van der Waals surface area contributed by atoms with Crippen LogP contribution in [0.25, 0.3) is 0 Å². The standard InChI is InChI=1S/C15H29N3/c1-13(2)8-17-6-4-14(5-7-17)18-11-15(12-18)9-16(3)10-15/h13-14H,4-12H2,1-3H3. The van der Waals surface area contributed by atoms with E-state index >= 15 is 0 Å². The van der Waals surface area contributed by atoms with Gasteiger partial charge < -0.3 is 9.80 Å². The third-order valence-corrected chi connectivity index (χ3v) is 4.98. The van der Waals surface area contributed by atoms with E-state index in [0.29, 0.717) is 5.41 Å². The molecule has 0 aromatic carbocycles. The quantitative estimate of drug-likeness (QED) is 0.750. The molecule has 0 amide bonds. The van der Waals surface area contributed by atoms with Gasteiger partial charge in [-0.05, 0) is 38.9 Å². The maximum atomic E-state index is 2.76. The van der Waals surface area contributed by atoms with Crippen LogP contribution in [0, 0.1) is 11.3 Å². The fourth-order valence-corrected chi connectivity index (χ4v) is 4.36. The van der Waals surface area contributed by atoms with Crippen LogP contribution in [0.5, 0.6) is 0 Å². The highest BCUT2D eigenvalue weighted by Crippen LogP contribution is 2.40. The Kier molecular flexibility index (Phi) is 3.41. The first-order chi connectivity index (χ1) is 8.56. The molecule has 3 heterocycles. The highest BCUT2D eigenvalue weighted by atomic mass is 15.3. The molecule has 3 rings (SSSR count). The van der Waals surface area contributed by atoms with Gasteiger partial charge in [-0.2, -0.15) is 0 Å². The van der Waals surface area contributed by atoms with E-state index in [4.69, 9.17) is 0 Å². The van der Waals surface area contributed by atoms with E-state index in [2.05, 4.69) is 35.6 Å². The van der Waals surface area contributed by atoms with Crippen LogP contribution in [0.1, 0.15) is 26.7 Å². The summed E-state index contributed by atoms with van der Waals surface area (Å²) < 4.78 is 0. The van der Waals surface area contributed by atoms with E-state index in [1.165, 1.54) is 58.7 Å². The van der Waals surface area contributed by atoms with Gasteiger partial charge in [-0.15, -0.1) is 0 Å². The Morgan fingerprint density at radius 3 is 2.17 bits per heavy atom. The number of likely N-dealkylation sites (tertiary alicyclic amines) is 3. The highest BCUT2D eigenvalue weighted by Gasteiger charge is 2.51. The van der Waals surface area contributed by atoms with Crippen LogP contribution in [-0.2, 0) is 0 Å². The van der Waals surface area contributed by atoms with Crippen LogP contribution in [0.3, 0.4) is 0 Å². The molecule has 18 heavy (non-hydrogen) atoms. The van der Waals surface area contributed by atoms with Gasteiger partial charge in [-0.25, -0.2) is 0 Å². The van der Waals surface area contributed by atoms with Gasteiger partial charge in [0.15, 0.2) is 0 Å². The third-order valence-electron chi connectivity index (χ3n) is 4.98. The molecule has 0 N–H and O–H groups in total. The zero-order valence-corrected chi connectivity index (χ0v) is 12.4. The minimum Gasteiger partial charge on any atom is -0.305 e. The average Bonchev–Trinajstić information content (AvgIpc) is 2.22. The monoisotopic (exact) mass is 251 g/mol. The van der Waals surface area contributed by atoms with Crippen LogP contribution in [0.4, 0.5) is 0 Å². The summed E-state index contributed by atoms with van der Waals surface area (Å²) in [7, 11) is 2.25. The molecule has 3 nitrogen and oxygen atoms in total. The van der Waals surface area contributed by atoms with Crippen molar-refractivity contribution in [3.05, 3.63) is 0 Å². The summed E-state index contributed by atoms with van der Waals surface area (Å²) in [6.07, 6.45) is 2.80. The van der Waals surface area contributed by atoms with E-state index in [-0.39, 0.29) is 0 Å². The molecule has 3 fully saturated rings. The highest BCUT2D eigenvalue weighted by molar-refractivity contribution is 5.06. The summed E-state index contributed by atoms with van der Waals surface area (Å²) in [5, 5.41) is 0. The Morgan fingerprint density at radius 1 is 1.06 bits per heavy atom. The fraction of sp³-hybridized carbons (Fsp3) is 1.00. The maximum Gasteiger partial charge on any atom is 0.0212 e.